The van der Waals surface area contributed by atoms with Crippen molar-refractivity contribution < 1.29 is 64.6 Å². The molecule has 10 N–H and O–H groups in total. The maximum Gasteiger partial charge on any atom is 0.229 e. The van der Waals surface area contributed by atoms with Gasteiger partial charge in [0.15, 0.2) is 6.29 Å². The van der Waals surface area contributed by atoms with Crippen LogP contribution in [0.3, 0.4) is 0 Å². The van der Waals surface area contributed by atoms with E-state index in [9.17, 15) is 45.6 Å². The Morgan fingerprint density at radius 3 is 2.02 bits per heavy atom. The number of carbonyl (C=O) groups is 1. The van der Waals surface area contributed by atoms with Gasteiger partial charge in [-0.1, -0.05) is 64.2 Å². The van der Waals surface area contributed by atoms with Crippen molar-refractivity contribution in [3.63, 3.8) is 0 Å². The van der Waals surface area contributed by atoms with Crippen molar-refractivity contribution >= 4 is 16.8 Å². The molecule has 2 aliphatic rings. The highest BCUT2D eigenvalue weighted by molar-refractivity contribution is 5.84. The van der Waals surface area contributed by atoms with Gasteiger partial charge < -0.3 is 70.1 Å². The predicted molar refractivity (Wildman–Crippen MR) is 194 cm³/mol. The molecule has 0 unspecified atom stereocenters. The maximum atomic E-state index is 12.5. The van der Waals surface area contributed by atoms with Gasteiger partial charge in [-0.05, 0) is 49.9 Å². The smallest absolute Gasteiger partial charge is 0.229 e. The molecule has 15 nitrogen and oxygen atoms in total. The second-order valence-electron chi connectivity index (χ2n) is 14.6. The lowest BCUT2D eigenvalue weighted by Gasteiger charge is -2.42. The van der Waals surface area contributed by atoms with Gasteiger partial charge >= 0.3 is 0 Å². The lowest BCUT2D eigenvalue weighted by molar-refractivity contribution is -0.323. The molecule has 53 heavy (non-hydrogen) atoms. The minimum Gasteiger partial charge on any atom is -0.462 e. The first-order valence-electron chi connectivity index (χ1n) is 19.3. The summed E-state index contributed by atoms with van der Waals surface area (Å²) >= 11 is 0. The Morgan fingerprint density at radius 1 is 0.792 bits per heavy atom. The average molecular weight is 755 g/mol. The average Bonchev–Trinajstić information content (AvgIpc) is 3.54. The van der Waals surface area contributed by atoms with Crippen LogP contribution in [0.4, 0.5) is 0 Å². The SMILES string of the molecule is C[C@H](O)CCCCCCCCCCCCCC(=O)NCCc1c[nH]c2ccc(O[C@@H]3O[C@H](CO[C@@H]4O[C@H](CO)[C@@H](O)[C@H](O)[C@H]4O)[C@@H](O)[C@H](O)[C@H]3O)cc12. The minimum atomic E-state index is -1.68. The first kappa shape index (κ1) is 43.3. The molecule has 1 aromatic heterocycles. The van der Waals surface area contributed by atoms with E-state index in [0.29, 0.717) is 25.1 Å². The molecular weight excluding hydrogens is 692 g/mol. The fourth-order valence-electron chi connectivity index (χ4n) is 6.86. The highest BCUT2D eigenvalue weighted by atomic mass is 16.7. The molecule has 0 bridgehead atoms. The molecule has 3 heterocycles. The summed E-state index contributed by atoms with van der Waals surface area (Å²) in [6.07, 6.45) is 1.31. The number of aliphatic hydroxyl groups excluding tert-OH is 8. The van der Waals surface area contributed by atoms with Gasteiger partial charge in [0.05, 0.1) is 19.3 Å². The van der Waals surface area contributed by atoms with Crippen LogP contribution in [-0.2, 0) is 25.4 Å². The van der Waals surface area contributed by atoms with Crippen molar-refractivity contribution in [3.8, 4) is 5.75 Å². The number of aromatic nitrogens is 1. The number of hydrogen-bond acceptors (Lipinski definition) is 13. The summed E-state index contributed by atoms with van der Waals surface area (Å²) in [7, 11) is 0. The van der Waals surface area contributed by atoms with Crippen LogP contribution in [0.2, 0.25) is 0 Å². The molecule has 0 saturated carbocycles. The largest absolute Gasteiger partial charge is 0.462 e. The normalized spacial score (nSPS) is 29.7. The highest BCUT2D eigenvalue weighted by Crippen LogP contribution is 2.29. The number of carbonyl (C=O) groups excluding carboxylic acids is 1. The van der Waals surface area contributed by atoms with Crippen LogP contribution in [0, 0.1) is 0 Å². The van der Waals surface area contributed by atoms with Crippen molar-refractivity contribution in [1.29, 1.82) is 0 Å². The Morgan fingerprint density at radius 2 is 1.38 bits per heavy atom. The molecule has 0 spiro atoms. The van der Waals surface area contributed by atoms with Gasteiger partial charge in [-0.2, -0.15) is 0 Å². The second kappa shape index (κ2) is 22.2. The van der Waals surface area contributed by atoms with Crippen LogP contribution in [0.15, 0.2) is 24.4 Å². The predicted octanol–water partition coefficient (Wildman–Crippen LogP) is 1.28. The Labute approximate surface area is 311 Å². The minimum absolute atomic E-state index is 0.0266. The summed E-state index contributed by atoms with van der Waals surface area (Å²) in [5.41, 5.74) is 1.77. The van der Waals surface area contributed by atoms with Crippen LogP contribution < -0.4 is 10.1 Å². The number of fused-ring (bicyclic) bond motifs is 1. The van der Waals surface area contributed by atoms with Crippen LogP contribution >= 0.6 is 0 Å². The number of H-pyrrole nitrogens is 1. The van der Waals surface area contributed by atoms with E-state index in [4.69, 9.17) is 18.9 Å². The van der Waals surface area contributed by atoms with E-state index in [1.165, 1.54) is 44.9 Å². The number of benzene rings is 1. The molecule has 11 atom stereocenters. The number of aliphatic hydroxyl groups is 8. The molecule has 15 heteroatoms. The summed E-state index contributed by atoms with van der Waals surface area (Å²) in [5.74, 6) is 0.339. The summed E-state index contributed by atoms with van der Waals surface area (Å²) in [5, 5.41) is 84.6. The third kappa shape index (κ3) is 13.1. The molecule has 302 valence electrons. The Bertz CT molecular complexity index is 1340. The third-order valence-corrected chi connectivity index (χ3v) is 10.2. The third-order valence-electron chi connectivity index (χ3n) is 10.2. The van der Waals surface area contributed by atoms with Crippen molar-refractivity contribution in [3.05, 3.63) is 30.0 Å². The van der Waals surface area contributed by atoms with E-state index < -0.39 is 74.6 Å². The molecule has 2 fully saturated rings. The summed E-state index contributed by atoms with van der Waals surface area (Å²) < 4.78 is 22.5. The van der Waals surface area contributed by atoms with Crippen LogP contribution in [0.1, 0.15) is 96.0 Å². The maximum absolute atomic E-state index is 12.5. The second-order valence-corrected chi connectivity index (χ2v) is 14.6. The van der Waals surface area contributed by atoms with E-state index in [1.54, 1.807) is 18.2 Å². The lowest BCUT2D eigenvalue weighted by atomic mass is 9.98. The van der Waals surface area contributed by atoms with Gasteiger partial charge in [0, 0.05) is 30.1 Å². The van der Waals surface area contributed by atoms with Crippen molar-refractivity contribution in [2.75, 3.05) is 19.8 Å². The molecule has 0 aliphatic carbocycles. The quantitative estimate of drug-likeness (QED) is 0.0720. The van der Waals surface area contributed by atoms with Gasteiger partial charge in [-0.25, -0.2) is 0 Å². The van der Waals surface area contributed by atoms with Crippen LogP contribution in [0.25, 0.3) is 10.9 Å². The van der Waals surface area contributed by atoms with Crippen LogP contribution in [0.5, 0.6) is 5.75 Å². The fourth-order valence-corrected chi connectivity index (χ4v) is 6.86. The van der Waals surface area contributed by atoms with Gasteiger partial charge in [0.25, 0.3) is 0 Å². The topological polar surface area (TPSA) is 244 Å². The zero-order chi connectivity index (χ0) is 38.3. The van der Waals surface area contributed by atoms with E-state index in [1.807, 2.05) is 13.1 Å². The number of nitrogens with one attached hydrogen (secondary N) is 2. The Balaban J connectivity index is 1.16. The molecule has 2 aliphatic heterocycles. The van der Waals surface area contributed by atoms with E-state index in [-0.39, 0.29) is 12.0 Å². The molecule has 4 rings (SSSR count). The standard InChI is InChI=1S/C38H62N2O13/c1-23(42)13-11-9-7-5-3-2-4-6-8-10-12-14-30(43)39-18-17-24-20-40-27-16-15-25(19-26(24)27)51-38-36(49)34(47)32(45)29(53-38)22-50-37-35(48)33(46)31(44)28(21-41)52-37/h15-16,19-20,23,28-29,31-38,40-42,44-49H,2-14,17-18,21-22H2,1H3,(H,39,43)/t23-,28+,29+,31+,32+,33-,34-,35+,36+,37+,38+/m0/s1. The van der Waals surface area contributed by atoms with Crippen molar-refractivity contribution in [2.45, 2.75) is 164 Å². The van der Waals surface area contributed by atoms with Crippen LogP contribution in [-0.4, -0.2) is 139 Å². The van der Waals surface area contributed by atoms with E-state index in [2.05, 4.69) is 10.3 Å². The van der Waals surface area contributed by atoms with Gasteiger partial charge in [-0.3, -0.25) is 4.79 Å². The lowest BCUT2D eigenvalue weighted by Crippen LogP contribution is -2.62. The number of aromatic amines is 1. The molecule has 0 radical (unpaired) electrons. The molecule has 2 aromatic rings. The van der Waals surface area contributed by atoms with Gasteiger partial charge in [-0.15, -0.1) is 0 Å². The zero-order valence-corrected chi connectivity index (χ0v) is 30.8. The first-order chi connectivity index (χ1) is 25.5. The summed E-state index contributed by atoms with van der Waals surface area (Å²) in [4.78, 5) is 15.7. The van der Waals surface area contributed by atoms with Gasteiger partial charge in [0.2, 0.25) is 12.2 Å². The molecule has 1 aromatic carbocycles. The Kier molecular flexibility index (Phi) is 18.2. The van der Waals surface area contributed by atoms with E-state index in [0.717, 1.165) is 48.6 Å². The number of rotatable bonds is 23. The van der Waals surface area contributed by atoms with Crippen molar-refractivity contribution in [2.24, 2.45) is 0 Å². The van der Waals surface area contributed by atoms with E-state index >= 15 is 0 Å². The Hall–Kier alpha value is -2.41. The molecular formula is C38H62N2O13. The highest BCUT2D eigenvalue weighted by Gasteiger charge is 2.48. The monoisotopic (exact) mass is 754 g/mol. The molecule has 1 amide bonds. The van der Waals surface area contributed by atoms with Crippen molar-refractivity contribution in [1.82, 2.24) is 10.3 Å². The van der Waals surface area contributed by atoms with Gasteiger partial charge in [0.1, 0.15) is 54.6 Å². The number of ether oxygens (including phenoxy) is 4. The first-order valence-corrected chi connectivity index (χ1v) is 19.3. The fraction of sp³-hybridized carbons (Fsp3) is 0.763. The number of unbranched alkanes of at least 4 members (excludes halogenated alkanes) is 10. The number of amides is 1. The number of hydrogen-bond donors (Lipinski definition) is 10. The zero-order valence-electron chi connectivity index (χ0n) is 30.8. The summed E-state index contributed by atoms with van der Waals surface area (Å²) in [6.45, 7) is 1.19. The molecule has 2 saturated heterocycles. The summed E-state index contributed by atoms with van der Waals surface area (Å²) in [6, 6.07) is 5.18.